The van der Waals surface area contributed by atoms with Gasteiger partial charge in [0, 0.05) is 19.1 Å². The molecule has 0 bridgehead atoms. The van der Waals surface area contributed by atoms with Gasteiger partial charge in [-0.15, -0.1) is 0 Å². The molecule has 0 spiro atoms. The van der Waals surface area contributed by atoms with Gasteiger partial charge in [-0.1, -0.05) is 115 Å². The minimum atomic E-state index is -0.350. The number of likely N-dealkylation sites (tertiary alicyclic amines) is 1. The van der Waals surface area contributed by atoms with Gasteiger partial charge in [0.15, 0.2) is 0 Å². The summed E-state index contributed by atoms with van der Waals surface area (Å²) in [6, 6.07) is 35.7. The molecule has 0 N–H and O–H groups in total. The Morgan fingerprint density at radius 1 is 0.683 bits per heavy atom. The number of halogens is 2. The first-order chi connectivity index (χ1) is 20.1. The SMILES string of the molecule is C[C@@H]1[C@@H](OCc2ccccc2)[C@H](OCc2ccccc2)[C@@H](OCc2ccccc2)CN1CCc1cccc(Cl)c1F. The van der Waals surface area contributed by atoms with E-state index >= 15 is 0 Å². The zero-order valence-corrected chi connectivity index (χ0v) is 24.1. The highest BCUT2D eigenvalue weighted by atomic mass is 35.5. The minimum absolute atomic E-state index is 0.0123. The lowest BCUT2D eigenvalue weighted by molar-refractivity contribution is -0.200. The molecule has 1 aliphatic rings. The molecule has 1 fully saturated rings. The van der Waals surface area contributed by atoms with Crippen molar-refractivity contribution >= 4 is 11.6 Å². The van der Waals surface area contributed by atoms with Gasteiger partial charge in [-0.3, -0.25) is 4.90 Å². The molecule has 1 saturated heterocycles. The third kappa shape index (κ3) is 8.03. The fraction of sp³-hybridized carbons (Fsp3) is 0.314. The topological polar surface area (TPSA) is 30.9 Å². The van der Waals surface area contributed by atoms with Crippen molar-refractivity contribution in [2.24, 2.45) is 0 Å². The quantitative estimate of drug-likeness (QED) is 0.176. The average molecular weight is 574 g/mol. The van der Waals surface area contributed by atoms with Crippen LogP contribution < -0.4 is 0 Å². The number of rotatable bonds is 12. The molecule has 4 nitrogen and oxygen atoms in total. The normalized spacial score (nSPS) is 21.1. The van der Waals surface area contributed by atoms with Crippen molar-refractivity contribution in [3.8, 4) is 0 Å². The summed E-state index contributed by atoms with van der Waals surface area (Å²) in [7, 11) is 0. The van der Waals surface area contributed by atoms with Crippen LogP contribution in [0.3, 0.4) is 0 Å². The maximum absolute atomic E-state index is 14.7. The molecule has 0 radical (unpaired) electrons. The van der Waals surface area contributed by atoms with E-state index < -0.39 is 0 Å². The molecule has 5 rings (SSSR count). The van der Waals surface area contributed by atoms with E-state index in [4.69, 9.17) is 25.8 Å². The molecule has 0 aliphatic carbocycles. The molecule has 4 aromatic rings. The van der Waals surface area contributed by atoms with Crippen molar-refractivity contribution in [2.75, 3.05) is 13.1 Å². The Labute approximate surface area is 247 Å². The number of hydrogen-bond donors (Lipinski definition) is 0. The van der Waals surface area contributed by atoms with Gasteiger partial charge in [0.1, 0.15) is 18.0 Å². The van der Waals surface area contributed by atoms with E-state index in [0.29, 0.717) is 44.9 Å². The molecule has 214 valence electrons. The van der Waals surface area contributed by atoms with Crippen LogP contribution >= 0.6 is 11.6 Å². The highest BCUT2D eigenvalue weighted by Crippen LogP contribution is 2.29. The molecule has 6 heteroatoms. The van der Waals surface area contributed by atoms with Gasteiger partial charge in [-0.05, 0) is 41.7 Å². The van der Waals surface area contributed by atoms with Crippen LogP contribution in [-0.4, -0.2) is 42.3 Å². The minimum Gasteiger partial charge on any atom is -0.369 e. The lowest BCUT2D eigenvalue weighted by Crippen LogP contribution is -2.62. The monoisotopic (exact) mass is 573 g/mol. The lowest BCUT2D eigenvalue weighted by Gasteiger charge is -2.47. The Kier molecular flexibility index (Phi) is 10.6. The van der Waals surface area contributed by atoms with Crippen LogP contribution in [0.25, 0.3) is 0 Å². The summed E-state index contributed by atoms with van der Waals surface area (Å²) >= 11 is 6.07. The Balaban J connectivity index is 1.38. The van der Waals surface area contributed by atoms with E-state index in [9.17, 15) is 4.39 Å². The zero-order valence-electron chi connectivity index (χ0n) is 23.4. The fourth-order valence-corrected chi connectivity index (χ4v) is 5.58. The predicted octanol–water partition coefficient (Wildman–Crippen LogP) is 7.48. The number of benzene rings is 4. The molecule has 1 heterocycles. The first-order valence-corrected chi connectivity index (χ1v) is 14.6. The van der Waals surface area contributed by atoms with E-state index in [2.05, 4.69) is 48.2 Å². The lowest BCUT2D eigenvalue weighted by atomic mass is 9.93. The summed E-state index contributed by atoms with van der Waals surface area (Å²) in [5, 5.41) is 0.150. The van der Waals surface area contributed by atoms with Gasteiger partial charge < -0.3 is 14.2 Å². The number of nitrogens with zero attached hydrogens (tertiary/aromatic N) is 1. The van der Waals surface area contributed by atoms with E-state index in [0.717, 1.165) is 16.7 Å². The maximum Gasteiger partial charge on any atom is 0.145 e. The predicted molar refractivity (Wildman–Crippen MR) is 161 cm³/mol. The van der Waals surface area contributed by atoms with Crippen LogP contribution in [0.4, 0.5) is 4.39 Å². The summed E-state index contributed by atoms with van der Waals surface area (Å²) in [6.07, 6.45) is -0.280. The van der Waals surface area contributed by atoms with Crippen molar-refractivity contribution in [2.45, 2.75) is 57.5 Å². The summed E-state index contributed by atoms with van der Waals surface area (Å²) in [5.41, 5.74) is 3.90. The van der Waals surface area contributed by atoms with E-state index in [-0.39, 0.29) is 35.2 Å². The molecule has 0 aromatic heterocycles. The molecule has 0 unspecified atom stereocenters. The average Bonchev–Trinajstić information content (AvgIpc) is 3.01. The fourth-order valence-electron chi connectivity index (χ4n) is 5.39. The second-order valence-electron chi connectivity index (χ2n) is 10.6. The van der Waals surface area contributed by atoms with Crippen molar-refractivity contribution in [1.29, 1.82) is 0 Å². The highest BCUT2D eigenvalue weighted by Gasteiger charge is 2.44. The van der Waals surface area contributed by atoms with E-state index in [1.807, 2.05) is 54.6 Å². The van der Waals surface area contributed by atoms with Crippen LogP contribution in [-0.2, 0) is 40.5 Å². The first kappa shape index (κ1) is 29.4. The molecular weight excluding hydrogens is 537 g/mol. The van der Waals surface area contributed by atoms with Gasteiger partial charge in [0.25, 0.3) is 0 Å². The van der Waals surface area contributed by atoms with E-state index in [1.165, 1.54) is 0 Å². The number of hydrogen-bond acceptors (Lipinski definition) is 4. The van der Waals surface area contributed by atoms with Crippen molar-refractivity contribution in [3.63, 3.8) is 0 Å². The zero-order chi connectivity index (χ0) is 28.4. The molecular formula is C35H37ClFNO3. The summed E-state index contributed by atoms with van der Waals surface area (Å²) in [5.74, 6) is -0.350. The molecule has 1 aliphatic heterocycles. The van der Waals surface area contributed by atoms with Crippen molar-refractivity contribution in [3.05, 3.63) is 142 Å². The third-order valence-electron chi connectivity index (χ3n) is 7.73. The molecule has 0 amide bonds. The first-order valence-electron chi connectivity index (χ1n) is 14.2. The van der Waals surface area contributed by atoms with Crippen LogP contribution in [0.5, 0.6) is 0 Å². The number of piperidine rings is 1. The maximum atomic E-state index is 14.7. The van der Waals surface area contributed by atoms with Crippen LogP contribution in [0.2, 0.25) is 5.02 Å². The Morgan fingerprint density at radius 3 is 1.76 bits per heavy atom. The van der Waals surface area contributed by atoms with Gasteiger partial charge in [-0.2, -0.15) is 0 Å². The Morgan fingerprint density at radius 2 is 1.20 bits per heavy atom. The van der Waals surface area contributed by atoms with Gasteiger partial charge in [0.2, 0.25) is 0 Å². The second-order valence-corrected chi connectivity index (χ2v) is 11.0. The Bertz CT molecular complexity index is 1340. The third-order valence-corrected chi connectivity index (χ3v) is 8.03. The molecule has 4 atom stereocenters. The number of ether oxygens (including phenoxy) is 3. The van der Waals surface area contributed by atoms with Crippen LogP contribution in [0.15, 0.2) is 109 Å². The van der Waals surface area contributed by atoms with Crippen molar-refractivity contribution in [1.82, 2.24) is 4.90 Å². The standard InChI is InChI=1S/C35H37ClFNO3/c1-26-34(40-24-28-14-7-3-8-15-28)35(41-25-29-16-9-4-10-17-29)32(39-23-27-12-5-2-6-13-27)22-38(26)21-20-30-18-11-19-31(36)33(30)37/h2-19,26,32,34-35H,20-25H2,1H3/t26-,32+,34-,35-/m1/s1. The molecule has 0 saturated carbocycles. The molecule has 41 heavy (non-hydrogen) atoms. The van der Waals surface area contributed by atoms with Crippen LogP contribution in [0, 0.1) is 5.82 Å². The molecule has 4 aromatic carbocycles. The largest absolute Gasteiger partial charge is 0.369 e. The van der Waals surface area contributed by atoms with Crippen molar-refractivity contribution < 1.29 is 18.6 Å². The van der Waals surface area contributed by atoms with E-state index in [1.54, 1.807) is 18.2 Å². The van der Waals surface area contributed by atoms with Gasteiger partial charge in [-0.25, -0.2) is 4.39 Å². The van der Waals surface area contributed by atoms with Gasteiger partial charge >= 0.3 is 0 Å². The summed E-state index contributed by atoms with van der Waals surface area (Å²) in [6.45, 7) is 4.83. The second kappa shape index (κ2) is 14.7. The Hall–Kier alpha value is -3.06. The summed E-state index contributed by atoms with van der Waals surface area (Å²) in [4.78, 5) is 2.33. The van der Waals surface area contributed by atoms with Gasteiger partial charge in [0.05, 0.1) is 30.9 Å². The van der Waals surface area contributed by atoms with Crippen LogP contribution in [0.1, 0.15) is 29.2 Å². The summed E-state index contributed by atoms with van der Waals surface area (Å²) < 4.78 is 34.6. The smallest absolute Gasteiger partial charge is 0.145 e. The highest BCUT2D eigenvalue weighted by molar-refractivity contribution is 6.30.